The normalized spacial score (nSPS) is 21.2. The molecule has 1 aliphatic heterocycles. The third kappa shape index (κ3) is 3.74. The number of morpholine rings is 1. The number of carbonyl (C=O) groups is 1. The first-order valence-corrected chi connectivity index (χ1v) is 7.85. The van der Waals surface area contributed by atoms with Crippen molar-refractivity contribution in [2.24, 2.45) is 0 Å². The van der Waals surface area contributed by atoms with E-state index in [4.69, 9.17) is 9.47 Å². The van der Waals surface area contributed by atoms with E-state index >= 15 is 0 Å². The summed E-state index contributed by atoms with van der Waals surface area (Å²) in [5.41, 5.74) is -0.100. The second-order valence-corrected chi connectivity index (χ2v) is 6.34. The summed E-state index contributed by atoms with van der Waals surface area (Å²) in [6.45, 7) is 4.84. The topological polar surface area (TPSA) is 38.8 Å². The Hall–Kier alpha value is -1.14. The van der Waals surface area contributed by atoms with Crippen molar-refractivity contribution in [1.82, 2.24) is 4.90 Å². The van der Waals surface area contributed by atoms with E-state index < -0.39 is 11.4 Å². The molecule has 1 amide bonds. The largest absolute Gasteiger partial charge is 0.494 e. The molecule has 1 aromatic rings. The van der Waals surface area contributed by atoms with Crippen LogP contribution < -0.4 is 4.74 Å². The number of ether oxygens (including phenoxy) is 2. The smallest absolute Gasteiger partial charge is 0.254 e. The molecule has 1 atom stereocenters. The molecule has 4 nitrogen and oxygen atoms in total. The number of benzene rings is 1. The lowest BCUT2D eigenvalue weighted by atomic mass is 10.0. The van der Waals surface area contributed by atoms with Gasteiger partial charge in [0, 0.05) is 24.0 Å². The van der Waals surface area contributed by atoms with E-state index in [1.54, 1.807) is 11.0 Å². The zero-order valence-corrected chi connectivity index (χ0v) is 13.9. The van der Waals surface area contributed by atoms with E-state index in [1.165, 1.54) is 19.2 Å². The monoisotopic (exact) mass is 359 g/mol. The molecular formula is C15H19BrFNO3. The van der Waals surface area contributed by atoms with Gasteiger partial charge in [-0.05, 0) is 32.0 Å². The van der Waals surface area contributed by atoms with Crippen LogP contribution in [0.25, 0.3) is 0 Å². The van der Waals surface area contributed by atoms with Gasteiger partial charge in [-0.25, -0.2) is 4.39 Å². The van der Waals surface area contributed by atoms with Crippen LogP contribution in [0.3, 0.4) is 0 Å². The molecule has 0 N–H and O–H groups in total. The van der Waals surface area contributed by atoms with E-state index in [0.717, 1.165) is 0 Å². The maximum atomic E-state index is 13.7. The van der Waals surface area contributed by atoms with Gasteiger partial charge >= 0.3 is 0 Å². The van der Waals surface area contributed by atoms with Crippen molar-refractivity contribution >= 4 is 21.8 Å². The van der Waals surface area contributed by atoms with Gasteiger partial charge in [-0.2, -0.15) is 0 Å². The third-order valence-electron chi connectivity index (χ3n) is 3.34. The van der Waals surface area contributed by atoms with Gasteiger partial charge in [0.25, 0.3) is 5.91 Å². The maximum absolute atomic E-state index is 13.7. The second-order valence-electron chi connectivity index (χ2n) is 5.69. The van der Waals surface area contributed by atoms with Crippen LogP contribution in [-0.2, 0) is 4.74 Å². The van der Waals surface area contributed by atoms with Crippen molar-refractivity contribution in [3.8, 4) is 5.75 Å². The molecule has 0 spiro atoms. The van der Waals surface area contributed by atoms with Crippen LogP contribution in [0.4, 0.5) is 4.39 Å². The maximum Gasteiger partial charge on any atom is 0.254 e. The fourth-order valence-electron chi connectivity index (χ4n) is 2.51. The third-order valence-corrected chi connectivity index (χ3v) is 4.06. The average molecular weight is 360 g/mol. The number of nitrogens with zero attached hydrogens (tertiary/aromatic N) is 1. The fraction of sp³-hybridized carbons (Fsp3) is 0.533. The minimum atomic E-state index is -0.534. The Labute approximate surface area is 132 Å². The molecular weight excluding hydrogens is 341 g/mol. The molecule has 0 aromatic heterocycles. The lowest BCUT2D eigenvalue weighted by molar-refractivity contribution is -0.116. The van der Waals surface area contributed by atoms with Crippen molar-refractivity contribution < 1.29 is 18.7 Å². The second kappa shape index (κ2) is 6.32. The first-order valence-electron chi connectivity index (χ1n) is 6.73. The molecule has 1 saturated heterocycles. The summed E-state index contributed by atoms with van der Waals surface area (Å²) in [6, 6.07) is 4.26. The van der Waals surface area contributed by atoms with E-state index in [2.05, 4.69) is 15.9 Å². The average Bonchev–Trinajstić information content (AvgIpc) is 2.44. The predicted molar refractivity (Wildman–Crippen MR) is 81.6 cm³/mol. The Bertz CT molecular complexity index is 536. The number of methoxy groups -OCH3 is 1. The minimum Gasteiger partial charge on any atom is -0.494 e. The Balaban J connectivity index is 2.20. The molecule has 0 aliphatic carbocycles. The van der Waals surface area contributed by atoms with Crippen molar-refractivity contribution in [3.63, 3.8) is 0 Å². The SMILES string of the molecule is COc1ccc(C(=O)N2CC(CBr)OC(C)(C)C2)cc1F. The molecule has 1 fully saturated rings. The summed E-state index contributed by atoms with van der Waals surface area (Å²) in [5, 5.41) is 0.650. The van der Waals surface area contributed by atoms with Gasteiger partial charge in [0.1, 0.15) is 0 Å². The van der Waals surface area contributed by atoms with Gasteiger partial charge in [0.05, 0.1) is 18.8 Å². The summed E-state index contributed by atoms with van der Waals surface area (Å²) in [7, 11) is 1.39. The van der Waals surface area contributed by atoms with Crippen LogP contribution in [0, 0.1) is 5.82 Å². The summed E-state index contributed by atoms with van der Waals surface area (Å²) in [6.07, 6.45) is -0.0687. The first-order chi connectivity index (χ1) is 9.86. The van der Waals surface area contributed by atoms with Crippen LogP contribution in [0.1, 0.15) is 24.2 Å². The van der Waals surface area contributed by atoms with Crippen LogP contribution in [0.2, 0.25) is 0 Å². The molecule has 0 bridgehead atoms. The van der Waals surface area contributed by atoms with Crippen molar-refractivity contribution in [2.75, 3.05) is 25.5 Å². The Morgan fingerprint density at radius 3 is 2.86 bits per heavy atom. The van der Waals surface area contributed by atoms with Crippen molar-refractivity contribution in [2.45, 2.75) is 25.6 Å². The molecule has 21 heavy (non-hydrogen) atoms. The zero-order valence-electron chi connectivity index (χ0n) is 12.4. The van der Waals surface area contributed by atoms with Gasteiger partial charge < -0.3 is 14.4 Å². The fourth-order valence-corrected chi connectivity index (χ4v) is 2.85. The van der Waals surface area contributed by atoms with Crippen LogP contribution in [0.15, 0.2) is 18.2 Å². The summed E-state index contributed by atoms with van der Waals surface area (Å²) < 4.78 is 24.5. The molecule has 1 aromatic carbocycles. The van der Waals surface area contributed by atoms with Crippen LogP contribution >= 0.6 is 15.9 Å². The highest BCUT2D eigenvalue weighted by Crippen LogP contribution is 2.25. The molecule has 1 aliphatic rings. The molecule has 116 valence electrons. The minimum absolute atomic E-state index is 0.0687. The number of hydrogen-bond acceptors (Lipinski definition) is 3. The van der Waals surface area contributed by atoms with E-state index in [-0.39, 0.29) is 17.8 Å². The standard InChI is InChI=1S/C15H19BrFNO3/c1-15(2)9-18(8-11(7-16)21-15)14(19)10-4-5-13(20-3)12(17)6-10/h4-6,11H,7-9H2,1-3H3. The van der Waals surface area contributed by atoms with Gasteiger partial charge in [0.15, 0.2) is 11.6 Å². The highest BCUT2D eigenvalue weighted by atomic mass is 79.9. The summed E-state index contributed by atoms with van der Waals surface area (Å²) in [4.78, 5) is 14.3. The molecule has 0 saturated carbocycles. The van der Waals surface area contributed by atoms with Crippen molar-refractivity contribution in [3.05, 3.63) is 29.6 Å². The number of alkyl halides is 1. The van der Waals surface area contributed by atoms with Gasteiger partial charge in [-0.3, -0.25) is 4.79 Å². The number of hydrogen-bond donors (Lipinski definition) is 0. The first kappa shape index (κ1) is 16.2. The number of amides is 1. The summed E-state index contributed by atoms with van der Waals surface area (Å²) in [5.74, 6) is -0.598. The molecule has 6 heteroatoms. The van der Waals surface area contributed by atoms with E-state index in [9.17, 15) is 9.18 Å². The highest BCUT2D eigenvalue weighted by Gasteiger charge is 2.35. The van der Waals surface area contributed by atoms with Gasteiger partial charge in [-0.1, -0.05) is 15.9 Å². The summed E-state index contributed by atoms with van der Waals surface area (Å²) >= 11 is 3.39. The molecule has 1 heterocycles. The van der Waals surface area contributed by atoms with Gasteiger partial charge in [-0.15, -0.1) is 0 Å². The Morgan fingerprint density at radius 2 is 2.29 bits per heavy atom. The van der Waals surface area contributed by atoms with Crippen LogP contribution in [-0.4, -0.2) is 48.0 Å². The number of rotatable bonds is 3. The van der Waals surface area contributed by atoms with E-state index in [1.807, 2.05) is 13.8 Å². The Kier molecular flexibility index (Phi) is 4.88. The lowest BCUT2D eigenvalue weighted by Gasteiger charge is -2.42. The van der Waals surface area contributed by atoms with Crippen LogP contribution in [0.5, 0.6) is 5.75 Å². The molecule has 2 rings (SSSR count). The Morgan fingerprint density at radius 1 is 1.57 bits per heavy atom. The lowest BCUT2D eigenvalue weighted by Crippen LogP contribution is -2.55. The molecule has 1 unspecified atom stereocenters. The number of carbonyl (C=O) groups excluding carboxylic acids is 1. The van der Waals surface area contributed by atoms with Crippen molar-refractivity contribution in [1.29, 1.82) is 0 Å². The number of halogens is 2. The highest BCUT2D eigenvalue weighted by molar-refractivity contribution is 9.09. The molecule has 0 radical (unpaired) electrons. The zero-order chi connectivity index (χ0) is 15.6. The van der Waals surface area contributed by atoms with E-state index in [0.29, 0.717) is 24.0 Å². The quantitative estimate of drug-likeness (QED) is 0.779. The predicted octanol–water partition coefficient (Wildman–Crippen LogP) is 2.85. The van der Waals surface area contributed by atoms with Gasteiger partial charge in [0.2, 0.25) is 0 Å².